The zero-order valence-corrected chi connectivity index (χ0v) is 15.4. The lowest BCUT2D eigenvalue weighted by atomic mass is 10.2. The predicted octanol–water partition coefficient (Wildman–Crippen LogP) is 1.07. The summed E-state index contributed by atoms with van der Waals surface area (Å²) in [6.45, 7) is -0.151. The highest BCUT2D eigenvalue weighted by Crippen LogP contribution is 2.25. The molecule has 1 aliphatic rings. The Morgan fingerprint density at radius 3 is 2.55 bits per heavy atom. The van der Waals surface area contributed by atoms with Crippen LogP contribution in [0.5, 0.6) is 0 Å². The smallest absolute Gasteiger partial charge is 0.329 e. The fraction of sp³-hybridized carbons (Fsp3) is 0.0588. The number of amides is 3. The predicted molar refractivity (Wildman–Crippen MR) is 96.9 cm³/mol. The molecule has 148 valence electrons. The molecule has 3 heterocycles. The first-order valence-corrected chi connectivity index (χ1v) is 9.68. The molecule has 0 aliphatic carbocycles. The Labute approximate surface area is 163 Å². The lowest BCUT2D eigenvalue weighted by molar-refractivity contribution is -0.123. The molecule has 0 radical (unpaired) electrons. The van der Waals surface area contributed by atoms with Crippen LogP contribution in [-0.2, 0) is 21.4 Å². The van der Waals surface area contributed by atoms with Gasteiger partial charge in [0.2, 0.25) is 22.3 Å². The second kappa shape index (κ2) is 7.00. The lowest BCUT2D eigenvalue weighted by Gasteiger charge is -2.07. The Kier molecular flexibility index (Phi) is 4.48. The molecule has 29 heavy (non-hydrogen) atoms. The summed E-state index contributed by atoms with van der Waals surface area (Å²) in [5.74, 6) is 0.317. The number of hydrogen-bond acceptors (Lipinski definition) is 8. The van der Waals surface area contributed by atoms with E-state index in [0.717, 1.165) is 11.3 Å². The minimum absolute atomic E-state index is 0.0178. The van der Waals surface area contributed by atoms with Crippen LogP contribution in [0.15, 0.2) is 62.2 Å². The second-order valence-corrected chi connectivity index (χ2v) is 7.54. The van der Waals surface area contributed by atoms with Gasteiger partial charge in [-0.05, 0) is 36.4 Å². The number of hydrogen-bond donors (Lipinski definition) is 2. The van der Waals surface area contributed by atoms with Crippen molar-refractivity contribution in [3.63, 3.8) is 0 Å². The zero-order valence-electron chi connectivity index (χ0n) is 14.6. The molecule has 3 amide bonds. The Morgan fingerprint density at radius 2 is 1.90 bits per heavy atom. The molecule has 11 nitrogen and oxygen atoms in total. The summed E-state index contributed by atoms with van der Waals surface area (Å²) < 4.78 is 33.3. The molecular formula is C17H13N5O6S. The first-order chi connectivity index (χ1) is 13.8. The van der Waals surface area contributed by atoms with Crippen molar-refractivity contribution in [3.05, 3.63) is 60.1 Å². The molecule has 12 heteroatoms. The molecule has 0 bridgehead atoms. The number of furan rings is 1. The highest BCUT2D eigenvalue weighted by Gasteiger charge is 2.34. The largest absolute Gasteiger partial charge is 0.457 e. The maximum atomic E-state index is 12.4. The molecule has 1 aromatic carbocycles. The maximum Gasteiger partial charge on any atom is 0.329 e. The van der Waals surface area contributed by atoms with Crippen LogP contribution < -0.4 is 10.5 Å². The molecule has 0 spiro atoms. The van der Waals surface area contributed by atoms with Crippen LogP contribution >= 0.6 is 0 Å². The summed E-state index contributed by atoms with van der Waals surface area (Å²) in [5.41, 5.74) is 0.641. The third kappa shape index (κ3) is 3.79. The molecule has 3 N–H and O–H groups in total. The number of primary sulfonamides is 1. The number of carbonyl (C=O) groups excluding carboxylic acids is 2. The number of nitrogens with zero attached hydrogens (tertiary/aromatic N) is 3. The molecule has 3 aromatic rings. The summed E-state index contributed by atoms with van der Waals surface area (Å²) in [4.78, 5) is 25.4. The van der Waals surface area contributed by atoms with Crippen LogP contribution in [0, 0.1) is 0 Å². The number of benzene rings is 1. The van der Waals surface area contributed by atoms with Gasteiger partial charge >= 0.3 is 6.03 Å². The topological polar surface area (TPSA) is 162 Å². The molecule has 4 rings (SSSR count). The highest BCUT2D eigenvalue weighted by molar-refractivity contribution is 7.89. The monoisotopic (exact) mass is 415 g/mol. The van der Waals surface area contributed by atoms with Crippen molar-refractivity contribution >= 4 is 28.0 Å². The van der Waals surface area contributed by atoms with Gasteiger partial charge in [-0.3, -0.25) is 4.79 Å². The molecule has 0 unspecified atom stereocenters. The van der Waals surface area contributed by atoms with Crippen LogP contribution in [0.4, 0.5) is 4.79 Å². The van der Waals surface area contributed by atoms with Gasteiger partial charge in [0.05, 0.1) is 4.90 Å². The van der Waals surface area contributed by atoms with Crippen molar-refractivity contribution in [2.24, 2.45) is 5.14 Å². The quantitative estimate of drug-likeness (QED) is 0.462. The summed E-state index contributed by atoms with van der Waals surface area (Å²) in [6, 6.07) is 8.45. The number of sulfonamides is 1. The van der Waals surface area contributed by atoms with Crippen LogP contribution in [-0.4, -0.2) is 35.5 Å². The van der Waals surface area contributed by atoms with Gasteiger partial charge in [-0.2, -0.15) is 0 Å². The molecule has 0 saturated carbocycles. The van der Waals surface area contributed by atoms with Crippen LogP contribution in [0.25, 0.3) is 17.4 Å². The average molecular weight is 415 g/mol. The van der Waals surface area contributed by atoms with Gasteiger partial charge in [-0.15, -0.1) is 10.2 Å². The number of carbonyl (C=O) groups is 2. The Hall–Kier alpha value is -3.77. The second-order valence-electron chi connectivity index (χ2n) is 5.98. The van der Waals surface area contributed by atoms with E-state index in [1.54, 1.807) is 24.3 Å². The molecule has 1 fully saturated rings. The first-order valence-electron chi connectivity index (χ1n) is 8.14. The van der Waals surface area contributed by atoms with Gasteiger partial charge in [0, 0.05) is 11.6 Å². The number of nitrogens with one attached hydrogen (secondary N) is 1. The lowest BCUT2D eigenvalue weighted by Crippen LogP contribution is -2.30. The Bertz CT molecular complexity index is 1210. The van der Waals surface area contributed by atoms with E-state index in [1.165, 1.54) is 18.2 Å². The third-order valence-electron chi connectivity index (χ3n) is 4.04. The van der Waals surface area contributed by atoms with Gasteiger partial charge < -0.3 is 14.2 Å². The van der Waals surface area contributed by atoms with E-state index in [1.807, 2.05) is 0 Å². The van der Waals surface area contributed by atoms with E-state index in [0.29, 0.717) is 17.1 Å². The fourth-order valence-electron chi connectivity index (χ4n) is 2.65. The summed E-state index contributed by atoms with van der Waals surface area (Å²) in [6.07, 6.45) is 2.49. The van der Waals surface area contributed by atoms with Crippen molar-refractivity contribution in [1.82, 2.24) is 20.4 Å². The Morgan fingerprint density at radius 1 is 1.14 bits per heavy atom. The van der Waals surface area contributed by atoms with Crippen LogP contribution in [0.3, 0.4) is 0 Å². The average Bonchev–Trinajstić information content (AvgIpc) is 3.40. The van der Waals surface area contributed by atoms with Gasteiger partial charge in [0.25, 0.3) is 5.91 Å². The van der Waals surface area contributed by atoms with Crippen molar-refractivity contribution in [2.75, 3.05) is 0 Å². The third-order valence-corrected chi connectivity index (χ3v) is 4.97. The zero-order chi connectivity index (χ0) is 20.6. The highest BCUT2D eigenvalue weighted by atomic mass is 32.2. The molecule has 0 atom stereocenters. The van der Waals surface area contributed by atoms with Crippen molar-refractivity contribution in [3.8, 4) is 11.3 Å². The van der Waals surface area contributed by atoms with E-state index < -0.39 is 22.0 Å². The minimum atomic E-state index is -3.79. The van der Waals surface area contributed by atoms with Gasteiger partial charge in [0.15, 0.2) is 0 Å². The number of rotatable bonds is 5. The van der Waals surface area contributed by atoms with E-state index in [-0.39, 0.29) is 23.0 Å². The van der Waals surface area contributed by atoms with Crippen molar-refractivity contribution in [1.29, 1.82) is 0 Å². The minimum Gasteiger partial charge on any atom is -0.457 e. The fourth-order valence-corrected chi connectivity index (χ4v) is 3.17. The van der Waals surface area contributed by atoms with E-state index in [9.17, 15) is 18.0 Å². The van der Waals surface area contributed by atoms with E-state index in [4.69, 9.17) is 14.0 Å². The molecule has 1 saturated heterocycles. The van der Waals surface area contributed by atoms with Crippen LogP contribution in [0.2, 0.25) is 0 Å². The molecular weight excluding hydrogens is 402 g/mol. The van der Waals surface area contributed by atoms with Crippen molar-refractivity contribution < 1.29 is 26.8 Å². The number of nitrogens with two attached hydrogens (primary N) is 1. The summed E-state index contributed by atoms with van der Waals surface area (Å²) in [7, 11) is -3.79. The Balaban J connectivity index is 1.53. The van der Waals surface area contributed by atoms with Crippen molar-refractivity contribution in [2.45, 2.75) is 11.4 Å². The summed E-state index contributed by atoms with van der Waals surface area (Å²) >= 11 is 0. The summed E-state index contributed by atoms with van der Waals surface area (Å²) in [5, 5.41) is 14.7. The SMILES string of the molecule is NS(=O)(=O)c1ccc(-c2ccc(C=C3NC(=O)N(Cc4nnco4)C3=O)o2)cc1. The standard InChI is InChI=1S/C17H13N5O6S/c18-29(25,26)12-4-1-10(2-5-12)14-6-3-11(28-14)7-13-16(23)22(17(24)20-13)8-15-21-19-9-27-15/h1-7,9H,8H2,(H,20,24)(H2,18,25,26). The maximum absolute atomic E-state index is 12.4. The normalized spacial score (nSPS) is 15.9. The first kappa shape index (κ1) is 18.6. The van der Waals surface area contributed by atoms with E-state index >= 15 is 0 Å². The number of aromatic nitrogens is 2. The van der Waals surface area contributed by atoms with Crippen LogP contribution in [0.1, 0.15) is 11.7 Å². The van der Waals surface area contributed by atoms with Gasteiger partial charge in [0.1, 0.15) is 23.8 Å². The number of imide groups is 1. The molecule has 1 aliphatic heterocycles. The van der Waals surface area contributed by atoms with Gasteiger partial charge in [-0.1, -0.05) is 0 Å². The number of urea groups is 1. The van der Waals surface area contributed by atoms with Gasteiger partial charge in [-0.25, -0.2) is 23.3 Å². The van der Waals surface area contributed by atoms with E-state index in [2.05, 4.69) is 15.5 Å². The molecule has 2 aromatic heterocycles.